The van der Waals surface area contributed by atoms with Crippen LogP contribution in [0.5, 0.6) is 0 Å². The lowest BCUT2D eigenvalue weighted by Gasteiger charge is -2.38. The molecule has 8 rings (SSSR count). The molecule has 0 radical (unpaired) electrons. The van der Waals surface area contributed by atoms with E-state index < -0.39 is 21.3 Å². The van der Waals surface area contributed by atoms with E-state index in [0.29, 0.717) is 59.5 Å². The third-order valence-corrected chi connectivity index (χ3v) is 13.4. The van der Waals surface area contributed by atoms with Crippen LogP contribution in [-0.4, -0.2) is 98.8 Å². The molecule has 2 N–H and O–H groups in total. The minimum absolute atomic E-state index is 0.0968. The Kier molecular flexibility index (Phi) is 10.3. The van der Waals surface area contributed by atoms with Gasteiger partial charge in [-0.3, -0.25) is 19.0 Å². The first-order valence-electron chi connectivity index (χ1n) is 18.7. The molecular weight excluding hydrogens is 728 g/mol. The van der Waals surface area contributed by atoms with Gasteiger partial charge in [-0.15, -0.1) is 0 Å². The van der Waals surface area contributed by atoms with E-state index in [1.165, 1.54) is 22.4 Å². The molecule has 16 heteroatoms. The molecule has 3 aliphatic heterocycles. The van der Waals surface area contributed by atoms with Gasteiger partial charge in [-0.1, -0.05) is 23.7 Å². The number of sulfonamides is 1. The topological polar surface area (TPSA) is 154 Å². The number of aromatic nitrogens is 6. The van der Waals surface area contributed by atoms with Crippen molar-refractivity contribution in [2.45, 2.75) is 55.4 Å². The zero-order chi connectivity index (χ0) is 37.4. The number of piperidine rings is 3. The summed E-state index contributed by atoms with van der Waals surface area (Å²) in [7, 11) is -1.73. The lowest BCUT2D eigenvalue weighted by atomic mass is 9.88. The van der Waals surface area contributed by atoms with Crippen LogP contribution in [0.3, 0.4) is 0 Å². The van der Waals surface area contributed by atoms with Crippen LogP contribution in [-0.2, 0) is 17.1 Å². The normalized spacial score (nSPS) is 18.7. The van der Waals surface area contributed by atoms with E-state index in [9.17, 15) is 18.0 Å². The third-order valence-electron chi connectivity index (χ3n) is 11.3. The molecule has 6 heterocycles. The summed E-state index contributed by atoms with van der Waals surface area (Å²) in [6, 6.07) is 15.3. The van der Waals surface area contributed by atoms with Crippen LogP contribution < -0.4 is 21.5 Å². The lowest BCUT2D eigenvalue weighted by molar-refractivity contribution is 0.170. The number of fused-ring (bicyclic) bond motifs is 1. The number of benzene rings is 2. The highest BCUT2D eigenvalue weighted by Gasteiger charge is 2.31. The average Bonchev–Trinajstić information content (AvgIpc) is 3.51. The van der Waals surface area contributed by atoms with E-state index in [1.54, 1.807) is 27.4 Å². The minimum atomic E-state index is -3.61. The Morgan fingerprint density at radius 1 is 0.889 bits per heavy atom. The van der Waals surface area contributed by atoms with E-state index >= 15 is 0 Å². The number of aromatic amines is 1. The molecule has 3 saturated heterocycles. The maximum absolute atomic E-state index is 13.7. The van der Waals surface area contributed by atoms with E-state index in [-0.39, 0.29) is 6.04 Å². The van der Waals surface area contributed by atoms with Crippen molar-refractivity contribution >= 4 is 44.2 Å². The molecule has 5 aromatic rings. The van der Waals surface area contributed by atoms with Crippen molar-refractivity contribution < 1.29 is 8.42 Å². The molecule has 2 aromatic carbocycles. The summed E-state index contributed by atoms with van der Waals surface area (Å²) in [4.78, 5) is 40.0. The van der Waals surface area contributed by atoms with Crippen molar-refractivity contribution in [3.63, 3.8) is 0 Å². The summed E-state index contributed by atoms with van der Waals surface area (Å²) in [5.74, 6) is 2.07. The van der Waals surface area contributed by atoms with Crippen molar-refractivity contribution in [3.8, 4) is 5.82 Å². The number of anilines is 2. The van der Waals surface area contributed by atoms with Gasteiger partial charge in [0.15, 0.2) is 5.82 Å². The Balaban J connectivity index is 0.818. The molecule has 0 saturated carbocycles. The highest BCUT2D eigenvalue weighted by atomic mass is 35.5. The van der Waals surface area contributed by atoms with Crippen LogP contribution in [0.1, 0.15) is 50.0 Å². The summed E-state index contributed by atoms with van der Waals surface area (Å²) in [6.45, 7) is 5.87. The highest BCUT2D eigenvalue weighted by Crippen LogP contribution is 2.33. The Hall–Kier alpha value is -4.57. The Morgan fingerprint density at radius 3 is 2.35 bits per heavy atom. The molecular formula is C38H45ClN10O4S. The van der Waals surface area contributed by atoms with Crippen molar-refractivity contribution in [3.05, 3.63) is 98.5 Å². The van der Waals surface area contributed by atoms with Crippen LogP contribution in [0.2, 0.25) is 5.02 Å². The van der Waals surface area contributed by atoms with E-state index in [1.807, 2.05) is 31.3 Å². The Bertz CT molecular complexity index is 2340. The second-order valence-corrected chi connectivity index (χ2v) is 17.1. The van der Waals surface area contributed by atoms with Crippen molar-refractivity contribution in [2.75, 3.05) is 56.0 Å². The molecule has 3 aliphatic rings. The fourth-order valence-electron chi connectivity index (χ4n) is 8.26. The quantitative estimate of drug-likeness (QED) is 0.223. The zero-order valence-corrected chi connectivity index (χ0v) is 31.8. The summed E-state index contributed by atoms with van der Waals surface area (Å²) < 4.78 is 32.1. The Morgan fingerprint density at radius 2 is 1.63 bits per heavy atom. The third kappa shape index (κ3) is 7.67. The summed E-state index contributed by atoms with van der Waals surface area (Å²) in [5.41, 5.74) is 2.27. The molecule has 3 fully saturated rings. The number of nitrogens with zero attached hydrogens (tertiary/aromatic N) is 8. The van der Waals surface area contributed by atoms with Gasteiger partial charge in [0.05, 0.1) is 27.8 Å². The number of halogens is 1. The predicted octanol–water partition coefficient (Wildman–Crippen LogP) is 4.22. The molecule has 54 heavy (non-hydrogen) atoms. The molecule has 0 aliphatic carbocycles. The molecule has 0 bridgehead atoms. The highest BCUT2D eigenvalue weighted by molar-refractivity contribution is 7.89. The molecule has 14 nitrogen and oxygen atoms in total. The van der Waals surface area contributed by atoms with Crippen molar-refractivity contribution in [1.82, 2.24) is 38.5 Å². The van der Waals surface area contributed by atoms with Crippen LogP contribution in [0.25, 0.3) is 16.7 Å². The van der Waals surface area contributed by atoms with Gasteiger partial charge in [0.2, 0.25) is 16.0 Å². The number of likely N-dealkylation sites (tertiary alicyclic amines) is 1. The van der Waals surface area contributed by atoms with Gasteiger partial charge < -0.3 is 15.1 Å². The maximum atomic E-state index is 13.7. The lowest BCUT2D eigenvalue weighted by Crippen LogP contribution is -2.42. The standard InChI is InChI=1S/C38H45ClN10O4S/c1-45-34-21-28(5-6-33(34)36(44-45)49-20-13-35(50)43-38(49)51)27-9-14-46(15-10-27)25-26-7-16-47(17-8-26)31-3-2-4-32(22-31)54(52,53)48-18-11-30(12-19-48)42-37-40-23-29(39)24-41-37/h2-6,13,20-24,26-27,30H,7-12,14-19,25H2,1H3,(H,40,41,42)(H,43,50,51). The summed E-state index contributed by atoms with van der Waals surface area (Å²) in [5, 5.41) is 9.23. The van der Waals surface area contributed by atoms with Gasteiger partial charge in [-0.25, -0.2) is 23.2 Å². The zero-order valence-electron chi connectivity index (χ0n) is 30.3. The maximum Gasteiger partial charge on any atom is 0.334 e. The predicted molar refractivity (Wildman–Crippen MR) is 209 cm³/mol. The Labute approximate surface area is 318 Å². The van der Waals surface area contributed by atoms with Gasteiger partial charge >= 0.3 is 5.69 Å². The van der Waals surface area contributed by atoms with E-state index in [4.69, 9.17) is 11.6 Å². The van der Waals surface area contributed by atoms with Gasteiger partial charge in [0, 0.05) is 69.2 Å². The summed E-state index contributed by atoms with van der Waals surface area (Å²) >= 11 is 5.89. The van der Waals surface area contributed by atoms with Gasteiger partial charge in [-0.05, 0) is 99.3 Å². The fourth-order valence-corrected chi connectivity index (χ4v) is 9.87. The first-order chi connectivity index (χ1) is 26.1. The van der Waals surface area contributed by atoms with Crippen LogP contribution >= 0.6 is 11.6 Å². The second-order valence-electron chi connectivity index (χ2n) is 14.8. The number of aryl methyl sites for hydroxylation is 1. The van der Waals surface area contributed by atoms with E-state index in [0.717, 1.165) is 75.0 Å². The monoisotopic (exact) mass is 772 g/mol. The SMILES string of the molecule is Cn1nc(-n2ccc(=O)[nH]c2=O)c2ccc(C3CCN(CC4CCN(c5cccc(S(=O)(=O)N6CCC(Nc7ncc(Cl)cn7)CC6)c5)CC4)CC3)cc21. The van der Waals surface area contributed by atoms with Crippen LogP contribution in [0.15, 0.2) is 81.6 Å². The largest absolute Gasteiger partial charge is 0.371 e. The smallest absolute Gasteiger partial charge is 0.334 e. The fraction of sp³-hybridized carbons (Fsp3) is 0.447. The molecule has 0 amide bonds. The first kappa shape index (κ1) is 36.4. The average molecular weight is 773 g/mol. The first-order valence-corrected chi connectivity index (χ1v) is 20.5. The number of H-pyrrole nitrogens is 1. The molecule has 0 spiro atoms. The molecule has 0 atom stereocenters. The number of hydrogen-bond donors (Lipinski definition) is 2. The van der Waals surface area contributed by atoms with Crippen LogP contribution in [0.4, 0.5) is 11.6 Å². The van der Waals surface area contributed by atoms with Crippen LogP contribution in [0, 0.1) is 5.92 Å². The second kappa shape index (κ2) is 15.3. The van der Waals surface area contributed by atoms with E-state index in [2.05, 4.69) is 47.3 Å². The van der Waals surface area contributed by atoms with Crippen molar-refractivity contribution in [1.29, 1.82) is 0 Å². The summed E-state index contributed by atoms with van der Waals surface area (Å²) in [6.07, 6.45) is 10.2. The van der Waals surface area contributed by atoms with Gasteiger partial charge in [0.1, 0.15) is 0 Å². The molecule has 3 aromatic heterocycles. The molecule has 0 unspecified atom stereocenters. The number of hydrogen-bond acceptors (Lipinski definition) is 10. The minimum Gasteiger partial charge on any atom is -0.371 e. The molecule has 284 valence electrons. The number of nitrogens with one attached hydrogen (secondary N) is 2. The number of rotatable bonds is 9. The van der Waals surface area contributed by atoms with Gasteiger partial charge in [-0.2, -0.15) is 9.40 Å². The van der Waals surface area contributed by atoms with Gasteiger partial charge in [0.25, 0.3) is 5.56 Å². The van der Waals surface area contributed by atoms with Crippen molar-refractivity contribution in [2.24, 2.45) is 13.0 Å².